The number of halogens is 1. The lowest BCUT2D eigenvalue weighted by Gasteiger charge is -2.13. The molecule has 0 unspecified atom stereocenters. The molecule has 3 heterocycles. The Hall–Kier alpha value is -4.51. The molecule has 176 valence electrons. The highest BCUT2D eigenvalue weighted by molar-refractivity contribution is 7.13. The van der Waals surface area contributed by atoms with Crippen LogP contribution in [0.5, 0.6) is 5.75 Å². The summed E-state index contributed by atoms with van der Waals surface area (Å²) in [6.45, 7) is 0. The number of esters is 1. The third kappa shape index (κ3) is 3.44. The number of H-pyrrole nitrogens is 1. The lowest BCUT2D eigenvalue weighted by Crippen LogP contribution is -2.34. The number of para-hydroxylation sites is 1. The van der Waals surface area contributed by atoms with Crippen LogP contribution in [0.3, 0.4) is 0 Å². The zero-order valence-corrected chi connectivity index (χ0v) is 19.1. The van der Waals surface area contributed by atoms with Gasteiger partial charge in [0.05, 0.1) is 41.9 Å². The van der Waals surface area contributed by atoms with Gasteiger partial charge >= 0.3 is 11.7 Å². The SMILES string of the molecule is COC(=O)c1scc2[nH]c(=O)n(-c3cc(C(=O)n4ccc5ccccc54)c(OC)cc3F)c(=O)c12. The van der Waals surface area contributed by atoms with Gasteiger partial charge in [-0.15, -0.1) is 11.3 Å². The number of hydrogen-bond donors (Lipinski definition) is 1. The van der Waals surface area contributed by atoms with Gasteiger partial charge in [0.15, 0.2) is 5.82 Å². The van der Waals surface area contributed by atoms with Crippen LogP contribution < -0.4 is 16.0 Å². The van der Waals surface area contributed by atoms with Gasteiger partial charge in [0, 0.05) is 23.0 Å². The zero-order valence-electron chi connectivity index (χ0n) is 18.3. The molecular weight excluding hydrogens is 477 g/mol. The third-order valence-corrected chi connectivity index (χ3v) is 6.54. The number of benzene rings is 2. The molecule has 0 atom stereocenters. The fourth-order valence-corrected chi connectivity index (χ4v) is 4.85. The Bertz CT molecular complexity index is 1780. The maximum atomic E-state index is 15.2. The largest absolute Gasteiger partial charge is 0.496 e. The Morgan fingerprint density at radius 2 is 1.86 bits per heavy atom. The Kier molecular flexibility index (Phi) is 5.33. The average Bonchev–Trinajstić information content (AvgIpc) is 3.48. The number of thiophene rings is 1. The first-order valence-corrected chi connectivity index (χ1v) is 11.1. The van der Waals surface area contributed by atoms with E-state index in [2.05, 4.69) is 4.98 Å². The topological polar surface area (TPSA) is 112 Å². The summed E-state index contributed by atoms with van der Waals surface area (Å²) in [6, 6.07) is 10.9. The number of aromatic amines is 1. The number of carbonyl (C=O) groups excluding carboxylic acids is 2. The van der Waals surface area contributed by atoms with E-state index < -0.39 is 34.6 Å². The number of methoxy groups -OCH3 is 2. The van der Waals surface area contributed by atoms with Crippen molar-refractivity contribution in [1.82, 2.24) is 14.1 Å². The summed E-state index contributed by atoms with van der Waals surface area (Å²) in [4.78, 5) is 54.1. The molecule has 5 rings (SSSR count). The smallest absolute Gasteiger partial charge is 0.348 e. The second-order valence-corrected chi connectivity index (χ2v) is 8.35. The molecule has 0 amide bonds. The number of carbonyl (C=O) groups is 2. The van der Waals surface area contributed by atoms with Gasteiger partial charge in [-0.25, -0.2) is 18.5 Å². The van der Waals surface area contributed by atoms with Gasteiger partial charge < -0.3 is 14.5 Å². The van der Waals surface area contributed by atoms with Gasteiger partial charge in [-0.1, -0.05) is 18.2 Å². The van der Waals surface area contributed by atoms with Crippen molar-refractivity contribution in [1.29, 1.82) is 0 Å². The molecule has 3 aromatic heterocycles. The maximum absolute atomic E-state index is 15.2. The first-order valence-electron chi connectivity index (χ1n) is 10.2. The van der Waals surface area contributed by atoms with Crippen molar-refractivity contribution in [2.24, 2.45) is 0 Å². The minimum absolute atomic E-state index is 0.0402. The third-order valence-electron chi connectivity index (χ3n) is 5.58. The van der Waals surface area contributed by atoms with Crippen LogP contribution >= 0.6 is 11.3 Å². The van der Waals surface area contributed by atoms with Crippen molar-refractivity contribution in [3.05, 3.63) is 91.1 Å². The van der Waals surface area contributed by atoms with Crippen LogP contribution in [0.25, 0.3) is 27.5 Å². The van der Waals surface area contributed by atoms with Crippen molar-refractivity contribution >= 4 is 45.0 Å². The first-order chi connectivity index (χ1) is 16.8. The number of ether oxygens (including phenoxy) is 2. The second kappa shape index (κ2) is 8.37. The molecule has 9 nitrogen and oxygen atoms in total. The number of rotatable bonds is 4. The van der Waals surface area contributed by atoms with E-state index in [0.29, 0.717) is 10.1 Å². The minimum Gasteiger partial charge on any atom is -0.496 e. The van der Waals surface area contributed by atoms with Crippen molar-refractivity contribution < 1.29 is 23.5 Å². The molecule has 0 fully saturated rings. The van der Waals surface area contributed by atoms with Gasteiger partial charge in [-0.05, 0) is 18.2 Å². The summed E-state index contributed by atoms with van der Waals surface area (Å²) in [5, 5.41) is 2.11. The van der Waals surface area contributed by atoms with Crippen LogP contribution in [0, 0.1) is 5.82 Å². The predicted octanol–water partition coefficient (Wildman–Crippen LogP) is 3.32. The summed E-state index contributed by atoms with van der Waals surface area (Å²) in [6.07, 6.45) is 1.56. The van der Waals surface area contributed by atoms with Crippen molar-refractivity contribution in [2.45, 2.75) is 0 Å². The van der Waals surface area contributed by atoms with E-state index in [9.17, 15) is 19.2 Å². The average molecular weight is 493 g/mol. The molecule has 2 aromatic carbocycles. The molecule has 0 spiro atoms. The van der Waals surface area contributed by atoms with Gasteiger partial charge in [0.2, 0.25) is 0 Å². The molecule has 0 saturated heterocycles. The van der Waals surface area contributed by atoms with E-state index >= 15 is 4.39 Å². The summed E-state index contributed by atoms with van der Waals surface area (Å²) >= 11 is 0.911. The monoisotopic (exact) mass is 493 g/mol. The first kappa shape index (κ1) is 22.3. The van der Waals surface area contributed by atoms with E-state index in [1.807, 2.05) is 12.1 Å². The summed E-state index contributed by atoms with van der Waals surface area (Å²) < 4.78 is 27.0. The molecule has 0 radical (unpaired) electrons. The van der Waals surface area contributed by atoms with Crippen LogP contribution in [0.2, 0.25) is 0 Å². The van der Waals surface area contributed by atoms with Gasteiger partial charge in [0.1, 0.15) is 10.6 Å². The van der Waals surface area contributed by atoms with Crippen LogP contribution in [0.1, 0.15) is 20.0 Å². The molecule has 11 heteroatoms. The zero-order chi connectivity index (χ0) is 24.9. The van der Waals surface area contributed by atoms with E-state index in [1.165, 1.54) is 17.1 Å². The van der Waals surface area contributed by atoms with Crippen LogP contribution in [0.15, 0.2) is 63.6 Å². The lowest BCUT2D eigenvalue weighted by molar-refractivity contribution is 0.0608. The standard InChI is InChI=1S/C24H16FN3O6S/c1-33-18-10-14(25)17(9-13(18)21(29)27-8-7-12-5-3-4-6-16(12)27)28-22(30)19-15(26-24(28)32)11-35-20(19)23(31)34-2/h3-11H,1-2H3,(H,26,32). The molecule has 0 aliphatic heterocycles. The van der Waals surface area contributed by atoms with Gasteiger partial charge in [-0.2, -0.15) is 0 Å². The van der Waals surface area contributed by atoms with Gasteiger partial charge in [-0.3, -0.25) is 14.2 Å². The summed E-state index contributed by atoms with van der Waals surface area (Å²) in [7, 11) is 2.43. The van der Waals surface area contributed by atoms with E-state index in [0.717, 1.165) is 36.0 Å². The predicted molar refractivity (Wildman–Crippen MR) is 128 cm³/mol. The number of hydrogen-bond acceptors (Lipinski definition) is 7. The minimum atomic E-state index is -0.974. The second-order valence-electron chi connectivity index (χ2n) is 7.47. The molecule has 5 aromatic rings. The highest BCUT2D eigenvalue weighted by atomic mass is 32.1. The Balaban J connectivity index is 1.76. The number of nitrogens with zero attached hydrogens (tertiary/aromatic N) is 2. The van der Waals surface area contributed by atoms with Crippen LogP contribution in [-0.4, -0.2) is 40.2 Å². The van der Waals surface area contributed by atoms with Crippen molar-refractivity contribution in [3.8, 4) is 11.4 Å². The number of aromatic nitrogens is 3. The van der Waals surface area contributed by atoms with Crippen LogP contribution in [0.4, 0.5) is 4.39 Å². The van der Waals surface area contributed by atoms with Crippen molar-refractivity contribution in [2.75, 3.05) is 14.2 Å². The molecule has 0 saturated carbocycles. The molecule has 35 heavy (non-hydrogen) atoms. The Labute approximate surface area is 199 Å². The Morgan fingerprint density at radius 1 is 1.09 bits per heavy atom. The molecule has 1 N–H and O–H groups in total. The highest BCUT2D eigenvalue weighted by Crippen LogP contribution is 2.28. The fourth-order valence-electron chi connectivity index (χ4n) is 3.94. The molecule has 0 aliphatic rings. The highest BCUT2D eigenvalue weighted by Gasteiger charge is 2.24. The van der Waals surface area contributed by atoms with E-state index in [1.54, 1.807) is 24.4 Å². The molecule has 0 bridgehead atoms. The number of fused-ring (bicyclic) bond motifs is 2. The van der Waals surface area contributed by atoms with E-state index in [-0.39, 0.29) is 27.1 Å². The quantitative estimate of drug-likeness (QED) is 0.385. The Morgan fingerprint density at radius 3 is 2.60 bits per heavy atom. The summed E-state index contributed by atoms with van der Waals surface area (Å²) in [5.41, 5.74) is -1.69. The lowest BCUT2D eigenvalue weighted by atomic mass is 10.1. The van der Waals surface area contributed by atoms with Crippen molar-refractivity contribution in [3.63, 3.8) is 0 Å². The fraction of sp³-hybridized carbons (Fsp3) is 0.0833. The molecule has 0 aliphatic carbocycles. The number of nitrogens with one attached hydrogen (secondary N) is 1. The maximum Gasteiger partial charge on any atom is 0.348 e. The normalized spacial score (nSPS) is 11.2. The summed E-state index contributed by atoms with van der Waals surface area (Å²) in [5.74, 6) is -2.38. The van der Waals surface area contributed by atoms with Crippen LogP contribution in [-0.2, 0) is 4.74 Å². The molecular formula is C24H16FN3O6S. The van der Waals surface area contributed by atoms with Gasteiger partial charge in [0.25, 0.3) is 11.5 Å². The van der Waals surface area contributed by atoms with E-state index in [4.69, 9.17) is 9.47 Å².